The number of rotatable bonds is 5. The molecule has 23 heavy (non-hydrogen) atoms. The molecule has 0 aliphatic heterocycles. The van der Waals surface area contributed by atoms with Crippen LogP contribution in [0.3, 0.4) is 0 Å². The standard InChI is InChI=1S/C19H22N2O2/c1-14(17-9-5-6-10-18(17)23-4)12-19(22)21(3)15(2)16-8-7-11-20-13-16/h5-13,15H,1-4H3/b14-12-/t15-/m0/s1. The molecule has 4 heteroatoms. The number of carbonyl (C=O) groups excluding carboxylic acids is 1. The highest BCUT2D eigenvalue weighted by molar-refractivity contribution is 5.95. The number of carbonyl (C=O) groups is 1. The number of likely N-dealkylation sites (N-methyl/N-ethyl adjacent to an activating group) is 1. The largest absolute Gasteiger partial charge is 0.496 e. The number of nitrogens with zero attached hydrogens (tertiary/aromatic N) is 2. The van der Waals surface area contributed by atoms with E-state index in [9.17, 15) is 4.79 Å². The lowest BCUT2D eigenvalue weighted by molar-refractivity contribution is -0.126. The molecule has 1 heterocycles. The van der Waals surface area contributed by atoms with Crippen LogP contribution in [0.2, 0.25) is 0 Å². The van der Waals surface area contributed by atoms with Crippen molar-refractivity contribution in [3.05, 3.63) is 66.0 Å². The van der Waals surface area contributed by atoms with Gasteiger partial charge in [0.2, 0.25) is 5.91 Å². The van der Waals surface area contributed by atoms with Crippen molar-refractivity contribution in [1.29, 1.82) is 0 Å². The van der Waals surface area contributed by atoms with Crippen LogP contribution in [-0.4, -0.2) is 29.9 Å². The third-order valence-corrected chi connectivity index (χ3v) is 3.97. The number of allylic oxidation sites excluding steroid dienone is 1. The van der Waals surface area contributed by atoms with Gasteiger partial charge in [0.05, 0.1) is 13.2 Å². The van der Waals surface area contributed by atoms with Gasteiger partial charge in [0.25, 0.3) is 0 Å². The number of benzene rings is 1. The summed E-state index contributed by atoms with van der Waals surface area (Å²) in [6.45, 7) is 3.90. The summed E-state index contributed by atoms with van der Waals surface area (Å²) in [6.07, 6.45) is 5.15. The van der Waals surface area contributed by atoms with Crippen LogP contribution in [0.4, 0.5) is 0 Å². The Labute approximate surface area is 137 Å². The van der Waals surface area contributed by atoms with E-state index in [-0.39, 0.29) is 11.9 Å². The molecular weight excluding hydrogens is 288 g/mol. The van der Waals surface area contributed by atoms with Gasteiger partial charge in [-0.15, -0.1) is 0 Å². The number of ether oxygens (including phenoxy) is 1. The van der Waals surface area contributed by atoms with Crippen molar-refractivity contribution >= 4 is 11.5 Å². The van der Waals surface area contributed by atoms with E-state index in [0.717, 1.165) is 22.4 Å². The zero-order chi connectivity index (χ0) is 16.8. The Hall–Kier alpha value is -2.62. The first kappa shape index (κ1) is 16.7. The molecule has 1 aromatic carbocycles. The molecule has 0 bridgehead atoms. The molecule has 0 radical (unpaired) electrons. The fraction of sp³-hybridized carbons (Fsp3) is 0.263. The number of pyridine rings is 1. The minimum atomic E-state index is -0.0511. The smallest absolute Gasteiger partial charge is 0.247 e. The fourth-order valence-electron chi connectivity index (χ4n) is 2.37. The SMILES string of the molecule is COc1ccccc1/C(C)=C\C(=O)N(C)[C@@H](C)c1cccnc1. The second kappa shape index (κ2) is 7.58. The second-order valence-corrected chi connectivity index (χ2v) is 5.44. The summed E-state index contributed by atoms with van der Waals surface area (Å²) >= 11 is 0. The molecule has 0 saturated carbocycles. The topological polar surface area (TPSA) is 42.4 Å². The van der Waals surface area contributed by atoms with Crippen molar-refractivity contribution in [2.75, 3.05) is 14.2 Å². The van der Waals surface area contributed by atoms with Gasteiger partial charge < -0.3 is 9.64 Å². The predicted octanol–water partition coefficient (Wildman–Crippen LogP) is 3.71. The van der Waals surface area contributed by atoms with Crippen molar-refractivity contribution in [1.82, 2.24) is 9.88 Å². The number of para-hydroxylation sites is 1. The second-order valence-electron chi connectivity index (χ2n) is 5.44. The van der Waals surface area contributed by atoms with Crippen LogP contribution in [-0.2, 0) is 4.79 Å². The third-order valence-electron chi connectivity index (χ3n) is 3.97. The molecule has 1 amide bonds. The monoisotopic (exact) mass is 310 g/mol. The molecule has 1 aromatic heterocycles. The first-order valence-electron chi connectivity index (χ1n) is 7.53. The zero-order valence-electron chi connectivity index (χ0n) is 14.0. The summed E-state index contributed by atoms with van der Waals surface area (Å²) in [7, 11) is 3.43. The Balaban J connectivity index is 2.19. The molecule has 0 aliphatic rings. The lowest BCUT2D eigenvalue weighted by Gasteiger charge is -2.24. The van der Waals surface area contributed by atoms with Gasteiger partial charge in [-0.2, -0.15) is 0 Å². The van der Waals surface area contributed by atoms with Crippen LogP contribution < -0.4 is 4.74 Å². The Kier molecular flexibility index (Phi) is 5.52. The summed E-state index contributed by atoms with van der Waals surface area (Å²) in [5, 5.41) is 0. The molecule has 2 aromatic rings. The van der Waals surface area contributed by atoms with Crippen LogP contribution in [0.25, 0.3) is 5.57 Å². The van der Waals surface area contributed by atoms with Gasteiger partial charge >= 0.3 is 0 Å². The average Bonchev–Trinajstić information content (AvgIpc) is 2.60. The Morgan fingerprint density at radius 1 is 1.26 bits per heavy atom. The normalized spacial score (nSPS) is 12.6. The van der Waals surface area contributed by atoms with Crippen molar-refractivity contribution in [2.24, 2.45) is 0 Å². The molecule has 2 rings (SSSR count). The zero-order valence-corrected chi connectivity index (χ0v) is 14.0. The number of hydrogen-bond acceptors (Lipinski definition) is 3. The summed E-state index contributed by atoms with van der Waals surface area (Å²) < 4.78 is 5.35. The molecule has 0 spiro atoms. The summed E-state index contributed by atoms with van der Waals surface area (Å²) in [6, 6.07) is 11.5. The highest BCUT2D eigenvalue weighted by atomic mass is 16.5. The van der Waals surface area contributed by atoms with E-state index in [1.165, 1.54) is 0 Å². The number of methoxy groups -OCH3 is 1. The van der Waals surface area contributed by atoms with Gasteiger partial charge in [-0.3, -0.25) is 9.78 Å². The van der Waals surface area contributed by atoms with Crippen molar-refractivity contribution in [3.8, 4) is 5.75 Å². The van der Waals surface area contributed by atoms with E-state index in [2.05, 4.69) is 4.98 Å². The number of amides is 1. The quantitative estimate of drug-likeness (QED) is 0.791. The molecule has 0 aliphatic carbocycles. The van der Waals surface area contributed by atoms with Crippen molar-refractivity contribution in [3.63, 3.8) is 0 Å². The molecule has 0 fully saturated rings. The van der Waals surface area contributed by atoms with Gasteiger partial charge in [-0.05, 0) is 37.1 Å². The summed E-state index contributed by atoms with van der Waals surface area (Å²) in [5.74, 6) is 0.710. The van der Waals surface area contributed by atoms with Crippen LogP contribution in [0.5, 0.6) is 5.75 Å². The molecule has 4 nitrogen and oxygen atoms in total. The lowest BCUT2D eigenvalue weighted by atomic mass is 10.1. The fourth-order valence-corrected chi connectivity index (χ4v) is 2.37. The van der Waals surface area contributed by atoms with Crippen LogP contribution in [0.1, 0.15) is 31.0 Å². The summed E-state index contributed by atoms with van der Waals surface area (Å²) in [4.78, 5) is 18.3. The van der Waals surface area contributed by atoms with Crippen molar-refractivity contribution in [2.45, 2.75) is 19.9 Å². The average molecular weight is 310 g/mol. The third kappa shape index (κ3) is 3.97. The van der Waals surface area contributed by atoms with Gasteiger partial charge in [0.1, 0.15) is 5.75 Å². The first-order valence-corrected chi connectivity index (χ1v) is 7.53. The van der Waals surface area contributed by atoms with Crippen LogP contribution in [0, 0.1) is 0 Å². The van der Waals surface area contributed by atoms with E-state index in [1.807, 2.05) is 50.2 Å². The van der Waals surface area contributed by atoms with E-state index < -0.39 is 0 Å². The maximum atomic E-state index is 12.5. The molecule has 120 valence electrons. The minimum absolute atomic E-state index is 0.0436. The van der Waals surface area contributed by atoms with E-state index in [0.29, 0.717) is 0 Å². The molecule has 1 atom stereocenters. The van der Waals surface area contributed by atoms with Crippen LogP contribution in [0.15, 0.2) is 54.9 Å². The van der Waals surface area contributed by atoms with Gasteiger partial charge in [0, 0.05) is 31.1 Å². The first-order chi connectivity index (χ1) is 11.0. The molecule has 0 saturated heterocycles. The maximum Gasteiger partial charge on any atom is 0.247 e. The van der Waals surface area contributed by atoms with Gasteiger partial charge in [-0.1, -0.05) is 24.3 Å². The Morgan fingerprint density at radius 3 is 2.65 bits per heavy atom. The molecule has 0 unspecified atom stereocenters. The Bertz CT molecular complexity index is 696. The van der Waals surface area contributed by atoms with E-state index in [1.54, 1.807) is 37.5 Å². The predicted molar refractivity (Wildman–Crippen MR) is 92.1 cm³/mol. The highest BCUT2D eigenvalue weighted by Gasteiger charge is 2.16. The van der Waals surface area contributed by atoms with Crippen molar-refractivity contribution < 1.29 is 9.53 Å². The number of hydrogen-bond donors (Lipinski definition) is 0. The molecule has 0 N–H and O–H groups in total. The number of aromatic nitrogens is 1. The van der Waals surface area contributed by atoms with Gasteiger partial charge in [0.15, 0.2) is 0 Å². The lowest BCUT2D eigenvalue weighted by Crippen LogP contribution is -2.28. The summed E-state index contributed by atoms with van der Waals surface area (Å²) in [5.41, 5.74) is 2.80. The minimum Gasteiger partial charge on any atom is -0.496 e. The Morgan fingerprint density at radius 2 is 2.00 bits per heavy atom. The maximum absolute atomic E-state index is 12.5. The molecular formula is C19H22N2O2. The van der Waals surface area contributed by atoms with E-state index in [4.69, 9.17) is 4.74 Å². The van der Waals surface area contributed by atoms with Crippen LogP contribution >= 0.6 is 0 Å². The van der Waals surface area contributed by atoms with Gasteiger partial charge in [-0.25, -0.2) is 0 Å². The highest BCUT2D eigenvalue weighted by Crippen LogP contribution is 2.26. The van der Waals surface area contributed by atoms with E-state index >= 15 is 0 Å².